The van der Waals surface area contributed by atoms with Crippen LogP contribution in [0.15, 0.2) is 73.1 Å². The first-order valence-corrected chi connectivity index (χ1v) is 12.1. The van der Waals surface area contributed by atoms with Gasteiger partial charge in [-0.25, -0.2) is 0 Å². The number of pyridine rings is 1. The Bertz CT molecular complexity index is 1200. The molecule has 8 nitrogen and oxygen atoms in total. The van der Waals surface area contributed by atoms with Crippen LogP contribution in [0.4, 0.5) is 11.4 Å². The molecule has 0 spiro atoms. The smallest absolute Gasteiger partial charge is 0.256 e. The van der Waals surface area contributed by atoms with Crippen LogP contribution in [-0.4, -0.2) is 53.1 Å². The highest BCUT2D eigenvalue weighted by molar-refractivity contribution is 7.80. The van der Waals surface area contributed by atoms with Crippen molar-refractivity contribution < 1.29 is 19.1 Å². The van der Waals surface area contributed by atoms with Crippen molar-refractivity contribution in [3.8, 4) is 11.5 Å². The van der Waals surface area contributed by atoms with Gasteiger partial charge in [-0.3, -0.25) is 19.5 Å². The molecule has 9 heteroatoms. The zero-order chi connectivity index (χ0) is 25.5. The van der Waals surface area contributed by atoms with Crippen LogP contribution in [0.2, 0.25) is 0 Å². The summed E-state index contributed by atoms with van der Waals surface area (Å²) < 4.78 is 10.7. The fraction of sp³-hybridized carbons (Fsp3) is 0.259. The molecule has 2 heterocycles. The number of thiocarbonyl (C=S) groups is 1. The van der Waals surface area contributed by atoms with E-state index in [1.165, 1.54) is 4.90 Å². The molecule has 4 rings (SSSR count). The number of amides is 2. The summed E-state index contributed by atoms with van der Waals surface area (Å²) in [5.74, 6) is 0.897. The number of methoxy groups -OCH3 is 1. The quantitative estimate of drug-likeness (QED) is 0.417. The molecule has 2 amide bonds. The van der Waals surface area contributed by atoms with Gasteiger partial charge in [0, 0.05) is 24.6 Å². The largest absolute Gasteiger partial charge is 0.497 e. The molecule has 1 aromatic heterocycles. The summed E-state index contributed by atoms with van der Waals surface area (Å²) in [6.07, 6.45) is 4.08. The van der Waals surface area contributed by atoms with Gasteiger partial charge in [0.1, 0.15) is 17.5 Å². The Kier molecular flexibility index (Phi) is 8.12. The lowest BCUT2D eigenvalue weighted by Gasteiger charge is -2.24. The first-order chi connectivity index (χ1) is 17.5. The van der Waals surface area contributed by atoms with Gasteiger partial charge in [-0.2, -0.15) is 0 Å². The van der Waals surface area contributed by atoms with Crippen LogP contribution < -0.4 is 19.7 Å². The van der Waals surface area contributed by atoms with Crippen LogP contribution in [0.25, 0.3) is 0 Å². The number of aromatic nitrogens is 1. The molecule has 0 aliphatic carbocycles. The van der Waals surface area contributed by atoms with E-state index in [1.54, 1.807) is 68.0 Å². The Labute approximate surface area is 215 Å². The Hall–Kier alpha value is -3.98. The third-order valence-corrected chi connectivity index (χ3v) is 6.28. The molecule has 0 saturated carbocycles. The SMILES string of the molecule is CCOc1ccc(NC(=O)C[C@@H]2C(=O)N(c3ccc(OC)cc3)C(=S)N2CCc2ccncc2)cc1. The molecule has 0 unspecified atom stereocenters. The zero-order valence-electron chi connectivity index (χ0n) is 20.2. The van der Waals surface area contributed by atoms with Crippen molar-refractivity contribution in [2.75, 3.05) is 30.5 Å². The predicted molar refractivity (Wildman–Crippen MR) is 142 cm³/mol. The van der Waals surface area contributed by atoms with Crippen molar-refractivity contribution in [1.82, 2.24) is 9.88 Å². The molecule has 1 saturated heterocycles. The number of carbonyl (C=O) groups excluding carboxylic acids is 2. The molecule has 3 aromatic rings. The molecule has 0 bridgehead atoms. The van der Waals surface area contributed by atoms with Gasteiger partial charge in [-0.05, 0) is 91.8 Å². The number of ether oxygens (including phenoxy) is 2. The number of anilines is 2. The number of hydrogen-bond acceptors (Lipinski definition) is 6. The molecule has 2 aromatic carbocycles. The Morgan fingerprint density at radius 3 is 2.33 bits per heavy atom. The minimum atomic E-state index is -0.718. The second-order valence-electron chi connectivity index (χ2n) is 8.18. The van der Waals surface area contributed by atoms with Crippen molar-refractivity contribution in [1.29, 1.82) is 0 Å². The van der Waals surface area contributed by atoms with Gasteiger partial charge in [0.2, 0.25) is 5.91 Å². The van der Waals surface area contributed by atoms with E-state index < -0.39 is 6.04 Å². The molecule has 36 heavy (non-hydrogen) atoms. The fourth-order valence-corrected chi connectivity index (χ4v) is 4.46. The van der Waals surface area contributed by atoms with Gasteiger partial charge < -0.3 is 19.7 Å². The summed E-state index contributed by atoms with van der Waals surface area (Å²) in [5, 5.41) is 3.25. The first kappa shape index (κ1) is 25.1. The second-order valence-corrected chi connectivity index (χ2v) is 8.54. The number of benzene rings is 2. The average Bonchev–Trinajstić information content (AvgIpc) is 3.13. The van der Waals surface area contributed by atoms with Gasteiger partial charge in [0.15, 0.2) is 5.11 Å². The second kappa shape index (κ2) is 11.6. The minimum absolute atomic E-state index is 0.0326. The average molecular weight is 505 g/mol. The van der Waals surface area contributed by atoms with Crippen LogP contribution in [0, 0.1) is 0 Å². The van der Waals surface area contributed by atoms with Crippen molar-refractivity contribution in [3.63, 3.8) is 0 Å². The maximum absolute atomic E-state index is 13.6. The molecular weight excluding hydrogens is 476 g/mol. The fourth-order valence-electron chi connectivity index (χ4n) is 4.04. The summed E-state index contributed by atoms with van der Waals surface area (Å²) >= 11 is 5.74. The highest BCUT2D eigenvalue weighted by atomic mass is 32.1. The van der Waals surface area contributed by atoms with Gasteiger partial charge >= 0.3 is 0 Å². The summed E-state index contributed by atoms with van der Waals surface area (Å²) in [5.41, 5.74) is 2.33. The Morgan fingerprint density at radius 1 is 1.03 bits per heavy atom. The predicted octanol–water partition coefficient (Wildman–Crippen LogP) is 4.06. The van der Waals surface area contributed by atoms with E-state index in [1.807, 2.05) is 24.0 Å². The van der Waals surface area contributed by atoms with E-state index in [4.69, 9.17) is 21.7 Å². The van der Waals surface area contributed by atoms with E-state index in [0.29, 0.717) is 41.8 Å². The molecule has 1 aliphatic heterocycles. The van der Waals surface area contributed by atoms with Crippen LogP contribution in [-0.2, 0) is 16.0 Å². The lowest BCUT2D eigenvalue weighted by Crippen LogP contribution is -2.39. The number of carbonyl (C=O) groups is 2. The highest BCUT2D eigenvalue weighted by Gasteiger charge is 2.43. The third-order valence-electron chi connectivity index (χ3n) is 5.87. The lowest BCUT2D eigenvalue weighted by atomic mass is 10.1. The van der Waals surface area contributed by atoms with E-state index in [2.05, 4.69) is 10.3 Å². The van der Waals surface area contributed by atoms with Gasteiger partial charge in [-0.15, -0.1) is 0 Å². The first-order valence-electron chi connectivity index (χ1n) is 11.7. The summed E-state index contributed by atoms with van der Waals surface area (Å²) in [6, 6.07) is 17.4. The molecule has 1 N–H and O–H groups in total. The maximum Gasteiger partial charge on any atom is 0.256 e. The molecule has 186 valence electrons. The number of nitrogens with zero attached hydrogens (tertiary/aromatic N) is 3. The van der Waals surface area contributed by atoms with Crippen LogP contribution in [0.3, 0.4) is 0 Å². The molecule has 1 atom stereocenters. The van der Waals surface area contributed by atoms with E-state index in [0.717, 1.165) is 11.3 Å². The van der Waals surface area contributed by atoms with Crippen molar-refractivity contribution in [2.24, 2.45) is 0 Å². The van der Waals surface area contributed by atoms with Gasteiger partial charge in [0.05, 0.1) is 25.8 Å². The van der Waals surface area contributed by atoms with Crippen LogP contribution in [0.1, 0.15) is 18.9 Å². The number of nitrogens with one attached hydrogen (secondary N) is 1. The van der Waals surface area contributed by atoms with Crippen LogP contribution >= 0.6 is 12.2 Å². The Morgan fingerprint density at radius 2 is 1.69 bits per heavy atom. The lowest BCUT2D eigenvalue weighted by molar-refractivity contribution is -0.124. The summed E-state index contributed by atoms with van der Waals surface area (Å²) in [4.78, 5) is 33.9. The van der Waals surface area contributed by atoms with Crippen molar-refractivity contribution in [2.45, 2.75) is 25.8 Å². The monoisotopic (exact) mass is 504 g/mol. The molecule has 1 fully saturated rings. The molecule has 0 radical (unpaired) electrons. The normalized spacial score (nSPS) is 15.2. The highest BCUT2D eigenvalue weighted by Crippen LogP contribution is 2.29. The minimum Gasteiger partial charge on any atom is -0.497 e. The van der Waals surface area contributed by atoms with E-state index >= 15 is 0 Å². The number of rotatable bonds is 10. The maximum atomic E-state index is 13.6. The number of hydrogen-bond donors (Lipinski definition) is 1. The van der Waals surface area contributed by atoms with Crippen molar-refractivity contribution in [3.05, 3.63) is 78.6 Å². The van der Waals surface area contributed by atoms with Gasteiger partial charge in [0.25, 0.3) is 5.91 Å². The zero-order valence-corrected chi connectivity index (χ0v) is 21.0. The standard InChI is InChI=1S/C27H28N4O4S/c1-3-35-23-8-4-20(5-9-23)29-25(32)18-24-26(33)31(21-6-10-22(34-2)11-7-21)27(36)30(24)17-14-19-12-15-28-16-13-19/h4-13,15-16,24H,3,14,17-18H2,1-2H3,(H,29,32)/t24-/m1/s1. The molecule has 1 aliphatic rings. The Balaban J connectivity index is 1.52. The molecular formula is C27H28N4O4S. The van der Waals surface area contributed by atoms with Gasteiger partial charge in [-0.1, -0.05) is 0 Å². The van der Waals surface area contributed by atoms with Crippen molar-refractivity contribution >= 4 is 40.5 Å². The topological polar surface area (TPSA) is 84.0 Å². The van der Waals surface area contributed by atoms with Crippen LogP contribution in [0.5, 0.6) is 11.5 Å². The summed E-state index contributed by atoms with van der Waals surface area (Å²) in [6.45, 7) is 2.96. The van der Waals surface area contributed by atoms with E-state index in [9.17, 15) is 9.59 Å². The summed E-state index contributed by atoms with van der Waals surface area (Å²) in [7, 11) is 1.58. The van der Waals surface area contributed by atoms with E-state index in [-0.39, 0.29) is 18.2 Å². The third kappa shape index (κ3) is 5.80.